The molecule has 0 atom stereocenters. The van der Waals surface area contributed by atoms with Crippen LogP contribution in [0.1, 0.15) is 24.0 Å². The molecule has 2 N–H and O–H groups in total. The van der Waals surface area contributed by atoms with E-state index in [4.69, 9.17) is 0 Å². The molecule has 0 radical (unpaired) electrons. The Labute approximate surface area is 168 Å². The van der Waals surface area contributed by atoms with Gasteiger partial charge < -0.3 is 10.6 Å². The van der Waals surface area contributed by atoms with Crippen molar-refractivity contribution in [3.05, 3.63) is 69.9 Å². The number of piperidine rings is 1. The minimum atomic E-state index is -0.244. The molecule has 27 heavy (non-hydrogen) atoms. The van der Waals surface area contributed by atoms with E-state index in [-0.39, 0.29) is 17.9 Å². The number of benzene rings is 2. The van der Waals surface area contributed by atoms with E-state index in [1.807, 2.05) is 6.07 Å². The van der Waals surface area contributed by atoms with E-state index in [2.05, 4.69) is 55.7 Å². The molecule has 1 fully saturated rings. The van der Waals surface area contributed by atoms with Crippen LogP contribution in [-0.2, 0) is 13.0 Å². The summed E-state index contributed by atoms with van der Waals surface area (Å²) < 4.78 is 14.5. The topological polar surface area (TPSA) is 44.4 Å². The zero-order valence-corrected chi connectivity index (χ0v) is 16.8. The van der Waals surface area contributed by atoms with E-state index in [1.165, 1.54) is 11.6 Å². The van der Waals surface area contributed by atoms with Gasteiger partial charge in [-0.05, 0) is 48.6 Å². The van der Waals surface area contributed by atoms with Crippen LogP contribution in [0.2, 0.25) is 0 Å². The van der Waals surface area contributed by atoms with Gasteiger partial charge in [-0.3, -0.25) is 4.90 Å². The fraction of sp³-hybridized carbons (Fsp3) is 0.381. The summed E-state index contributed by atoms with van der Waals surface area (Å²) in [5.74, 6) is -0.244. The van der Waals surface area contributed by atoms with Crippen LogP contribution in [0.5, 0.6) is 0 Å². The first-order valence-electron chi connectivity index (χ1n) is 9.35. The second-order valence-electron chi connectivity index (χ2n) is 6.92. The van der Waals surface area contributed by atoms with Crippen LogP contribution in [0.4, 0.5) is 9.18 Å². The minimum Gasteiger partial charge on any atom is -0.338 e. The first-order valence-corrected chi connectivity index (χ1v) is 10.1. The van der Waals surface area contributed by atoms with Gasteiger partial charge in [0.15, 0.2) is 0 Å². The maximum atomic E-state index is 13.7. The van der Waals surface area contributed by atoms with Gasteiger partial charge in [-0.2, -0.15) is 0 Å². The van der Waals surface area contributed by atoms with Crippen molar-refractivity contribution in [1.29, 1.82) is 0 Å². The Morgan fingerprint density at radius 1 is 1.15 bits per heavy atom. The highest BCUT2D eigenvalue weighted by molar-refractivity contribution is 9.10. The molecule has 4 nitrogen and oxygen atoms in total. The SMILES string of the molecule is O=C(NCCc1cc(Br)ccc1F)NC1CCN(Cc2ccccc2)CC1. The van der Waals surface area contributed by atoms with E-state index in [9.17, 15) is 9.18 Å². The Morgan fingerprint density at radius 2 is 1.89 bits per heavy atom. The predicted molar refractivity (Wildman–Crippen MR) is 109 cm³/mol. The smallest absolute Gasteiger partial charge is 0.315 e. The molecular weight excluding hydrogens is 409 g/mol. The third-order valence-electron chi connectivity index (χ3n) is 4.86. The van der Waals surface area contributed by atoms with Crippen molar-refractivity contribution in [2.45, 2.75) is 31.8 Å². The van der Waals surface area contributed by atoms with Crippen molar-refractivity contribution in [3.8, 4) is 0 Å². The molecule has 2 aromatic carbocycles. The van der Waals surface area contributed by atoms with E-state index < -0.39 is 0 Å². The number of rotatable bonds is 6. The number of hydrogen-bond acceptors (Lipinski definition) is 2. The normalized spacial score (nSPS) is 15.5. The number of nitrogens with one attached hydrogen (secondary N) is 2. The lowest BCUT2D eigenvalue weighted by Crippen LogP contribution is -2.48. The first-order chi connectivity index (χ1) is 13.1. The molecule has 1 aliphatic rings. The van der Waals surface area contributed by atoms with Gasteiger partial charge in [0, 0.05) is 36.7 Å². The molecule has 0 spiro atoms. The van der Waals surface area contributed by atoms with E-state index in [1.54, 1.807) is 12.1 Å². The summed E-state index contributed by atoms with van der Waals surface area (Å²) in [6.45, 7) is 3.32. The fourth-order valence-electron chi connectivity index (χ4n) is 3.36. The summed E-state index contributed by atoms with van der Waals surface area (Å²) in [4.78, 5) is 14.5. The lowest BCUT2D eigenvalue weighted by atomic mass is 10.0. The summed E-state index contributed by atoms with van der Waals surface area (Å²) in [6.07, 6.45) is 2.36. The summed E-state index contributed by atoms with van der Waals surface area (Å²) >= 11 is 3.34. The van der Waals surface area contributed by atoms with Gasteiger partial charge in [-0.25, -0.2) is 9.18 Å². The molecule has 0 aromatic heterocycles. The highest BCUT2D eigenvalue weighted by Gasteiger charge is 2.20. The fourth-order valence-corrected chi connectivity index (χ4v) is 3.77. The average Bonchev–Trinajstić information content (AvgIpc) is 2.67. The minimum absolute atomic E-state index is 0.174. The van der Waals surface area contributed by atoms with Crippen LogP contribution in [0, 0.1) is 5.82 Å². The maximum Gasteiger partial charge on any atom is 0.315 e. The van der Waals surface area contributed by atoms with Crippen molar-refractivity contribution in [2.75, 3.05) is 19.6 Å². The number of likely N-dealkylation sites (tertiary alicyclic amines) is 1. The predicted octanol–water partition coefficient (Wildman–Crippen LogP) is 4.09. The van der Waals surface area contributed by atoms with Crippen LogP contribution < -0.4 is 10.6 Å². The van der Waals surface area contributed by atoms with Crippen molar-refractivity contribution >= 4 is 22.0 Å². The van der Waals surface area contributed by atoms with Gasteiger partial charge in [-0.15, -0.1) is 0 Å². The van der Waals surface area contributed by atoms with Gasteiger partial charge >= 0.3 is 6.03 Å². The second kappa shape index (κ2) is 9.85. The third-order valence-corrected chi connectivity index (χ3v) is 5.35. The summed E-state index contributed by atoms with van der Waals surface area (Å²) in [7, 11) is 0. The molecule has 0 aliphatic carbocycles. The van der Waals surface area contributed by atoms with Crippen LogP contribution in [0.15, 0.2) is 53.0 Å². The molecule has 1 aliphatic heterocycles. The van der Waals surface area contributed by atoms with Gasteiger partial charge in [0.05, 0.1) is 0 Å². The van der Waals surface area contributed by atoms with Crippen molar-refractivity contribution in [2.24, 2.45) is 0 Å². The molecule has 1 saturated heterocycles. The zero-order chi connectivity index (χ0) is 19.1. The van der Waals surface area contributed by atoms with E-state index in [0.717, 1.165) is 36.9 Å². The number of nitrogens with zero attached hydrogens (tertiary/aromatic N) is 1. The summed E-state index contributed by atoms with van der Waals surface area (Å²) in [6, 6.07) is 15.3. The molecular formula is C21H25BrFN3O. The van der Waals surface area contributed by atoms with Crippen molar-refractivity contribution in [3.63, 3.8) is 0 Å². The molecule has 0 saturated carbocycles. The van der Waals surface area contributed by atoms with Gasteiger partial charge in [0.25, 0.3) is 0 Å². The molecule has 2 aromatic rings. The Kier molecular flexibility index (Phi) is 7.24. The lowest BCUT2D eigenvalue weighted by Gasteiger charge is -2.32. The van der Waals surface area contributed by atoms with E-state index >= 15 is 0 Å². The Morgan fingerprint density at radius 3 is 2.63 bits per heavy atom. The quantitative estimate of drug-likeness (QED) is 0.720. The monoisotopic (exact) mass is 433 g/mol. The summed E-state index contributed by atoms with van der Waals surface area (Å²) in [5.41, 5.74) is 1.92. The zero-order valence-electron chi connectivity index (χ0n) is 15.3. The average molecular weight is 434 g/mol. The van der Waals surface area contributed by atoms with Crippen LogP contribution >= 0.6 is 15.9 Å². The number of carbonyl (C=O) groups is 1. The van der Waals surface area contributed by atoms with Gasteiger partial charge in [-0.1, -0.05) is 46.3 Å². The Hall–Kier alpha value is -1.92. The van der Waals surface area contributed by atoms with Gasteiger partial charge in [0.1, 0.15) is 5.82 Å². The largest absolute Gasteiger partial charge is 0.338 e. The Balaban J connectivity index is 1.35. The molecule has 6 heteroatoms. The number of halogens is 2. The molecule has 144 valence electrons. The summed E-state index contributed by atoms with van der Waals surface area (Å²) in [5, 5.41) is 5.87. The third kappa shape index (κ3) is 6.33. The van der Waals surface area contributed by atoms with Gasteiger partial charge in [0.2, 0.25) is 0 Å². The highest BCUT2D eigenvalue weighted by atomic mass is 79.9. The molecule has 0 unspecified atom stereocenters. The second-order valence-corrected chi connectivity index (χ2v) is 7.84. The number of amides is 2. The van der Waals surface area contributed by atoms with Crippen molar-refractivity contribution < 1.29 is 9.18 Å². The standard InChI is InChI=1S/C21H25BrFN3O/c22-18-6-7-20(23)17(14-18)8-11-24-21(27)25-19-9-12-26(13-10-19)15-16-4-2-1-3-5-16/h1-7,14,19H,8-13,15H2,(H2,24,25,27). The van der Waals surface area contributed by atoms with Crippen LogP contribution in [0.25, 0.3) is 0 Å². The maximum absolute atomic E-state index is 13.7. The lowest BCUT2D eigenvalue weighted by molar-refractivity contribution is 0.186. The molecule has 2 amide bonds. The van der Waals surface area contributed by atoms with Crippen LogP contribution in [0.3, 0.4) is 0 Å². The number of carbonyl (C=O) groups excluding carboxylic acids is 1. The van der Waals surface area contributed by atoms with Crippen molar-refractivity contribution in [1.82, 2.24) is 15.5 Å². The number of urea groups is 1. The van der Waals surface area contributed by atoms with E-state index in [0.29, 0.717) is 18.5 Å². The molecule has 1 heterocycles. The van der Waals surface area contributed by atoms with Crippen LogP contribution in [-0.4, -0.2) is 36.6 Å². The first kappa shape index (κ1) is 19.8. The molecule has 0 bridgehead atoms. The Bertz CT molecular complexity index is 748. The molecule has 3 rings (SSSR count). The highest BCUT2D eigenvalue weighted by Crippen LogP contribution is 2.16. The number of hydrogen-bond donors (Lipinski definition) is 2.